The second kappa shape index (κ2) is 13.6. The van der Waals surface area contributed by atoms with Crippen molar-refractivity contribution in [2.24, 2.45) is 10.9 Å². The molecule has 1 aliphatic rings. The third-order valence-electron chi connectivity index (χ3n) is 4.25. The standard InChI is InChI=1S/C21H35N3O2/c1-2-22-21(24-14-7-16-26-18-20-10-11-20)23-13-6-15-25-17-12-19-8-4-3-5-9-19/h3-5,8-9,20H,2,6-7,10-18H2,1H3,(H2,22,23,24). The molecule has 0 atom stereocenters. The van der Waals surface area contributed by atoms with E-state index < -0.39 is 0 Å². The fraction of sp³-hybridized carbons (Fsp3) is 0.667. The summed E-state index contributed by atoms with van der Waals surface area (Å²) in [6.07, 6.45) is 5.63. The highest BCUT2D eigenvalue weighted by molar-refractivity contribution is 5.79. The van der Waals surface area contributed by atoms with Gasteiger partial charge in [-0.1, -0.05) is 30.3 Å². The topological polar surface area (TPSA) is 54.9 Å². The van der Waals surface area contributed by atoms with Crippen LogP contribution < -0.4 is 10.6 Å². The average Bonchev–Trinajstić information content (AvgIpc) is 3.49. The van der Waals surface area contributed by atoms with E-state index >= 15 is 0 Å². The van der Waals surface area contributed by atoms with Crippen LogP contribution in [0.3, 0.4) is 0 Å². The van der Waals surface area contributed by atoms with Crippen molar-refractivity contribution in [1.82, 2.24) is 10.6 Å². The number of hydrogen-bond acceptors (Lipinski definition) is 3. The van der Waals surface area contributed by atoms with Crippen molar-refractivity contribution in [2.75, 3.05) is 46.1 Å². The van der Waals surface area contributed by atoms with Gasteiger partial charge in [-0.2, -0.15) is 0 Å². The second-order valence-electron chi connectivity index (χ2n) is 6.76. The maximum absolute atomic E-state index is 5.71. The van der Waals surface area contributed by atoms with E-state index in [9.17, 15) is 0 Å². The molecule has 0 amide bonds. The molecular weight excluding hydrogens is 326 g/mol. The zero-order valence-corrected chi connectivity index (χ0v) is 16.2. The lowest BCUT2D eigenvalue weighted by Gasteiger charge is -2.11. The van der Waals surface area contributed by atoms with E-state index in [1.807, 2.05) is 6.07 Å². The van der Waals surface area contributed by atoms with Crippen LogP contribution >= 0.6 is 0 Å². The molecule has 2 N–H and O–H groups in total. The molecule has 2 rings (SSSR count). The van der Waals surface area contributed by atoms with Crippen molar-refractivity contribution in [3.05, 3.63) is 35.9 Å². The van der Waals surface area contributed by atoms with Crippen LogP contribution in [0, 0.1) is 5.92 Å². The Kier molecular flexibility index (Phi) is 10.8. The van der Waals surface area contributed by atoms with Gasteiger partial charge in [0.25, 0.3) is 0 Å². The predicted molar refractivity (Wildman–Crippen MR) is 108 cm³/mol. The van der Waals surface area contributed by atoms with Crippen molar-refractivity contribution >= 4 is 5.96 Å². The molecule has 1 aromatic rings. The molecule has 1 aliphatic carbocycles. The van der Waals surface area contributed by atoms with Crippen LogP contribution in [0.25, 0.3) is 0 Å². The number of aliphatic imine (C=N–C) groups is 1. The van der Waals surface area contributed by atoms with E-state index in [1.54, 1.807) is 0 Å². The Morgan fingerprint density at radius 3 is 2.62 bits per heavy atom. The molecule has 0 spiro atoms. The van der Waals surface area contributed by atoms with Gasteiger partial charge < -0.3 is 20.1 Å². The van der Waals surface area contributed by atoms with E-state index in [1.165, 1.54) is 18.4 Å². The molecule has 0 radical (unpaired) electrons. The minimum Gasteiger partial charge on any atom is -0.381 e. The third kappa shape index (κ3) is 10.4. The normalized spacial score (nSPS) is 14.4. The van der Waals surface area contributed by atoms with Crippen molar-refractivity contribution in [2.45, 2.75) is 39.0 Å². The molecule has 1 aromatic carbocycles. The predicted octanol–water partition coefficient (Wildman–Crippen LogP) is 3.01. The SMILES string of the molecule is CCNC(=NCCCOCC1CC1)NCCCOCCc1ccccc1. The first-order chi connectivity index (χ1) is 12.9. The lowest BCUT2D eigenvalue weighted by molar-refractivity contribution is 0.123. The summed E-state index contributed by atoms with van der Waals surface area (Å²) in [4.78, 5) is 4.59. The Bertz CT molecular complexity index is 489. The number of hydrogen-bond donors (Lipinski definition) is 2. The quantitative estimate of drug-likeness (QED) is 0.304. The van der Waals surface area contributed by atoms with Gasteiger partial charge in [-0.05, 0) is 50.5 Å². The van der Waals surface area contributed by atoms with Gasteiger partial charge in [0, 0.05) is 39.5 Å². The Morgan fingerprint density at radius 1 is 1.04 bits per heavy atom. The maximum Gasteiger partial charge on any atom is 0.191 e. The molecule has 0 unspecified atom stereocenters. The van der Waals surface area contributed by atoms with Gasteiger partial charge >= 0.3 is 0 Å². The minimum atomic E-state index is 0.772. The lowest BCUT2D eigenvalue weighted by Crippen LogP contribution is -2.38. The number of guanidine groups is 1. The highest BCUT2D eigenvalue weighted by Gasteiger charge is 2.20. The van der Waals surface area contributed by atoms with Gasteiger partial charge in [-0.25, -0.2) is 0 Å². The van der Waals surface area contributed by atoms with Gasteiger partial charge in [0.2, 0.25) is 0 Å². The van der Waals surface area contributed by atoms with Crippen LogP contribution in [0.4, 0.5) is 0 Å². The monoisotopic (exact) mass is 361 g/mol. The number of benzene rings is 1. The van der Waals surface area contributed by atoms with Gasteiger partial charge in [0.05, 0.1) is 6.61 Å². The Hall–Kier alpha value is -1.59. The van der Waals surface area contributed by atoms with E-state index in [0.29, 0.717) is 0 Å². The molecule has 1 saturated carbocycles. The fourth-order valence-electron chi connectivity index (χ4n) is 2.55. The summed E-state index contributed by atoms with van der Waals surface area (Å²) in [6.45, 7) is 7.93. The zero-order valence-electron chi connectivity index (χ0n) is 16.2. The van der Waals surface area contributed by atoms with Crippen LogP contribution in [-0.2, 0) is 15.9 Å². The molecule has 146 valence electrons. The number of ether oxygens (including phenoxy) is 2. The molecule has 1 fully saturated rings. The van der Waals surface area contributed by atoms with E-state index in [-0.39, 0.29) is 0 Å². The number of rotatable bonds is 14. The third-order valence-corrected chi connectivity index (χ3v) is 4.25. The van der Waals surface area contributed by atoms with Crippen LogP contribution in [0.2, 0.25) is 0 Å². The Morgan fingerprint density at radius 2 is 1.85 bits per heavy atom. The van der Waals surface area contributed by atoms with E-state index in [2.05, 4.69) is 46.8 Å². The van der Waals surface area contributed by atoms with Crippen LogP contribution in [0.15, 0.2) is 35.3 Å². The zero-order chi connectivity index (χ0) is 18.3. The van der Waals surface area contributed by atoms with Gasteiger partial charge in [-0.3, -0.25) is 4.99 Å². The molecule has 0 bridgehead atoms. The summed E-state index contributed by atoms with van der Waals surface area (Å²) in [7, 11) is 0. The summed E-state index contributed by atoms with van der Waals surface area (Å²) in [5, 5.41) is 6.65. The average molecular weight is 362 g/mol. The van der Waals surface area contributed by atoms with Gasteiger partial charge in [0.1, 0.15) is 0 Å². The molecule has 5 nitrogen and oxygen atoms in total. The summed E-state index contributed by atoms with van der Waals surface area (Å²) >= 11 is 0. The van der Waals surface area contributed by atoms with Crippen LogP contribution in [-0.4, -0.2) is 52.0 Å². The lowest BCUT2D eigenvalue weighted by atomic mass is 10.2. The number of nitrogens with one attached hydrogen (secondary N) is 2. The molecule has 0 aliphatic heterocycles. The highest BCUT2D eigenvalue weighted by atomic mass is 16.5. The summed E-state index contributed by atoms with van der Waals surface area (Å²) in [5.41, 5.74) is 1.33. The molecule has 0 saturated heterocycles. The highest BCUT2D eigenvalue weighted by Crippen LogP contribution is 2.28. The smallest absolute Gasteiger partial charge is 0.191 e. The van der Waals surface area contributed by atoms with Crippen molar-refractivity contribution < 1.29 is 9.47 Å². The van der Waals surface area contributed by atoms with Crippen LogP contribution in [0.5, 0.6) is 0 Å². The van der Waals surface area contributed by atoms with Crippen molar-refractivity contribution in [3.63, 3.8) is 0 Å². The number of nitrogens with zero attached hydrogens (tertiary/aromatic N) is 1. The van der Waals surface area contributed by atoms with Gasteiger partial charge in [-0.15, -0.1) is 0 Å². The van der Waals surface area contributed by atoms with E-state index in [0.717, 1.165) is 77.2 Å². The second-order valence-corrected chi connectivity index (χ2v) is 6.76. The van der Waals surface area contributed by atoms with Crippen molar-refractivity contribution in [1.29, 1.82) is 0 Å². The summed E-state index contributed by atoms with van der Waals surface area (Å²) in [5.74, 6) is 1.73. The van der Waals surface area contributed by atoms with Crippen LogP contribution in [0.1, 0.15) is 38.2 Å². The first-order valence-corrected chi connectivity index (χ1v) is 10.1. The van der Waals surface area contributed by atoms with Crippen molar-refractivity contribution in [3.8, 4) is 0 Å². The molecule has 0 aromatic heterocycles. The Balaban J connectivity index is 1.45. The first kappa shape index (κ1) is 20.7. The summed E-state index contributed by atoms with van der Waals surface area (Å²) in [6, 6.07) is 10.5. The maximum atomic E-state index is 5.71. The first-order valence-electron chi connectivity index (χ1n) is 10.1. The molecule has 0 heterocycles. The van der Waals surface area contributed by atoms with E-state index in [4.69, 9.17) is 9.47 Å². The largest absolute Gasteiger partial charge is 0.381 e. The van der Waals surface area contributed by atoms with Gasteiger partial charge in [0.15, 0.2) is 5.96 Å². The summed E-state index contributed by atoms with van der Waals surface area (Å²) < 4.78 is 11.4. The molecular formula is C21H35N3O2. The Labute approximate surface area is 158 Å². The molecule has 5 heteroatoms. The fourth-order valence-corrected chi connectivity index (χ4v) is 2.55. The minimum absolute atomic E-state index is 0.772. The molecule has 26 heavy (non-hydrogen) atoms.